The van der Waals surface area contributed by atoms with E-state index in [2.05, 4.69) is 0 Å². The lowest BCUT2D eigenvalue weighted by Crippen LogP contribution is -2.31. The van der Waals surface area contributed by atoms with Gasteiger partial charge in [0.05, 0.1) is 22.0 Å². The molecular formula is C32H21N2O7P. The van der Waals surface area contributed by atoms with Gasteiger partial charge in [0.1, 0.15) is 19.3 Å². The quantitative estimate of drug-likeness (QED) is 0.222. The van der Waals surface area contributed by atoms with Gasteiger partial charge in [-0.15, -0.1) is 0 Å². The summed E-state index contributed by atoms with van der Waals surface area (Å²) in [4.78, 5) is 52.5. The molecule has 4 aromatic rings. The minimum absolute atomic E-state index is 0.0454. The maximum atomic E-state index is 14.5. The summed E-state index contributed by atoms with van der Waals surface area (Å²) in [6, 6.07) is 26.7. The highest BCUT2D eigenvalue weighted by molar-refractivity contribution is 7.62. The van der Waals surface area contributed by atoms with Crippen molar-refractivity contribution < 1.29 is 33.2 Å². The Balaban J connectivity index is 1.53. The molecule has 0 saturated heterocycles. The van der Waals surface area contributed by atoms with Crippen LogP contribution in [-0.4, -0.2) is 23.6 Å². The summed E-state index contributed by atoms with van der Waals surface area (Å²) in [5.41, 5.74) is 0.232. The first-order valence-corrected chi connectivity index (χ1v) is 14.2. The zero-order valence-corrected chi connectivity index (χ0v) is 22.8. The van der Waals surface area contributed by atoms with Crippen LogP contribution in [0.4, 0.5) is 11.4 Å². The van der Waals surface area contributed by atoms with Crippen LogP contribution in [0.3, 0.4) is 0 Å². The summed E-state index contributed by atoms with van der Waals surface area (Å²) in [5.74, 6) is -1.39. The van der Waals surface area contributed by atoms with Gasteiger partial charge >= 0.3 is 0 Å². The average molecular weight is 577 g/mol. The van der Waals surface area contributed by atoms with E-state index in [4.69, 9.17) is 9.47 Å². The fourth-order valence-corrected chi connectivity index (χ4v) is 6.16. The van der Waals surface area contributed by atoms with Gasteiger partial charge < -0.3 is 14.0 Å². The zero-order chi connectivity index (χ0) is 29.2. The van der Waals surface area contributed by atoms with Gasteiger partial charge in [0.15, 0.2) is 11.5 Å². The second-order valence-electron chi connectivity index (χ2n) is 9.16. The molecule has 0 radical (unpaired) electrons. The van der Waals surface area contributed by atoms with Crippen LogP contribution < -0.4 is 29.9 Å². The number of carbonyl (C=O) groups excluding carboxylic acids is 4. The number of benzene rings is 4. The van der Waals surface area contributed by atoms with Crippen LogP contribution in [0.25, 0.3) is 0 Å². The van der Waals surface area contributed by atoms with Crippen molar-refractivity contribution in [2.45, 2.75) is 0 Å². The van der Waals surface area contributed by atoms with Crippen LogP contribution in [0.1, 0.15) is 0 Å². The fourth-order valence-electron chi connectivity index (χ4n) is 4.61. The summed E-state index contributed by atoms with van der Waals surface area (Å²) in [6.07, 6.45) is 4.60. The van der Waals surface area contributed by atoms with Crippen molar-refractivity contribution in [3.05, 3.63) is 121 Å². The maximum Gasteiger partial charge on any atom is 0.258 e. The highest BCUT2D eigenvalue weighted by atomic mass is 31.1. The largest absolute Gasteiger partial charge is 0.454 e. The predicted octanol–water partition coefficient (Wildman–Crippen LogP) is 4.64. The van der Waals surface area contributed by atoms with Crippen molar-refractivity contribution in [3.8, 4) is 23.0 Å². The molecule has 2 heterocycles. The summed E-state index contributed by atoms with van der Waals surface area (Å²) in [5, 5.41) is 0.391. The number of para-hydroxylation sites is 4. The predicted molar refractivity (Wildman–Crippen MR) is 157 cm³/mol. The highest BCUT2D eigenvalue weighted by Crippen LogP contribution is 2.42. The molecule has 0 saturated carbocycles. The minimum atomic E-state index is -3.05. The summed E-state index contributed by atoms with van der Waals surface area (Å²) >= 11 is 0. The average Bonchev–Trinajstić information content (AvgIpc) is 3.52. The molecular weight excluding hydrogens is 555 g/mol. The molecule has 4 amide bonds. The molecule has 206 valence electrons. The maximum absolute atomic E-state index is 14.5. The van der Waals surface area contributed by atoms with Gasteiger partial charge in [0.2, 0.25) is 0 Å². The lowest BCUT2D eigenvalue weighted by atomic mass is 10.2. The SMILES string of the molecule is O=C1C=CC(=O)N1c1cccc([PH](=O)c2cccc(N3C(=O)C=CC3=O)c2Oc2ccccc2)c1Oc1ccccc1. The molecule has 0 aromatic heterocycles. The van der Waals surface area contributed by atoms with Crippen LogP contribution in [0.5, 0.6) is 23.0 Å². The molecule has 0 fully saturated rings. The Morgan fingerprint density at radius 1 is 0.452 bits per heavy atom. The fraction of sp³-hybridized carbons (Fsp3) is 0. The van der Waals surface area contributed by atoms with E-state index in [0.717, 1.165) is 34.1 Å². The number of hydrogen-bond donors (Lipinski definition) is 0. The van der Waals surface area contributed by atoms with Crippen molar-refractivity contribution in [3.63, 3.8) is 0 Å². The lowest BCUT2D eigenvalue weighted by molar-refractivity contribution is -0.121. The van der Waals surface area contributed by atoms with Crippen molar-refractivity contribution >= 4 is 53.4 Å². The minimum Gasteiger partial charge on any atom is -0.454 e. The molecule has 2 aliphatic rings. The van der Waals surface area contributed by atoms with Gasteiger partial charge in [-0.2, -0.15) is 0 Å². The Labute approximate surface area is 240 Å². The van der Waals surface area contributed by atoms with Gasteiger partial charge in [0, 0.05) is 24.3 Å². The first kappa shape index (κ1) is 26.7. The van der Waals surface area contributed by atoms with E-state index in [1.165, 1.54) is 12.1 Å². The third-order valence-electron chi connectivity index (χ3n) is 6.50. The Kier molecular flexibility index (Phi) is 7.09. The monoisotopic (exact) mass is 576 g/mol. The van der Waals surface area contributed by atoms with Crippen molar-refractivity contribution in [1.29, 1.82) is 0 Å². The Morgan fingerprint density at radius 2 is 0.810 bits per heavy atom. The third-order valence-corrected chi connectivity index (χ3v) is 8.27. The van der Waals surface area contributed by atoms with Crippen LogP contribution >= 0.6 is 7.80 Å². The Morgan fingerprint density at radius 3 is 1.17 bits per heavy atom. The number of nitrogens with zero attached hydrogens (tertiary/aromatic N) is 2. The highest BCUT2D eigenvalue weighted by Gasteiger charge is 2.33. The van der Waals surface area contributed by atoms with Crippen molar-refractivity contribution in [2.75, 3.05) is 9.80 Å². The molecule has 0 N–H and O–H groups in total. The summed E-state index contributed by atoms with van der Waals surface area (Å²) < 4.78 is 26.9. The van der Waals surface area contributed by atoms with Gasteiger partial charge in [-0.1, -0.05) is 48.5 Å². The lowest BCUT2D eigenvalue weighted by Gasteiger charge is -2.23. The molecule has 42 heavy (non-hydrogen) atoms. The van der Waals surface area contributed by atoms with Gasteiger partial charge in [-0.25, -0.2) is 9.80 Å². The molecule has 2 aliphatic heterocycles. The van der Waals surface area contributed by atoms with Crippen molar-refractivity contribution in [2.24, 2.45) is 0 Å². The number of rotatable bonds is 8. The molecule has 10 heteroatoms. The van der Waals surface area contributed by atoms with Gasteiger partial charge in [-0.3, -0.25) is 19.2 Å². The number of ether oxygens (including phenoxy) is 2. The summed E-state index contributed by atoms with van der Waals surface area (Å²) in [7, 11) is -3.05. The standard InChI is InChI=1S/C32H21N2O7P/c35-27-17-18-28(36)33(27)23-13-7-15-25(31(23)40-21-9-3-1-4-10-21)42(39)26-16-8-14-24(34-29(37)19-20-30(34)38)32(26)41-22-11-5-2-6-12-22/h1-20,42H. The van der Waals surface area contributed by atoms with Crippen LogP contribution in [0.2, 0.25) is 0 Å². The molecule has 9 nitrogen and oxygen atoms in total. The number of carbonyl (C=O) groups is 4. The van der Waals surface area contributed by atoms with E-state index >= 15 is 0 Å². The second-order valence-corrected chi connectivity index (χ2v) is 10.9. The molecule has 0 aliphatic carbocycles. The van der Waals surface area contributed by atoms with Gasteiger partial charge in [0.25, 0.3) is 23.6 Å². The van der Waals surface area contributed by atoms with E-state index in [9.17, 15) is 23.7 Å². The van der Waals surface area contributed by atoms with E-state index in [-0.39, 0.29) is 33.5 Å². The first-order valence-electron chi connectivity index (χ1n) is 12.8. The number of hydrogen-bond acceptors (Lipinski definition) is 7. The zero-order valence-electron chi connectivity index (χ0n) is 21.8. The normalized spacial score (nSPS) is 14.4. The van der Waals surface area contributed by atoms with E-state index in [1.807, 2.05) is 0 Å². The van der Waals surface area contributed by atoms with Crippen molar-refractivity contribution in [1.82, 2.24) is 0 Å². The van der Waals surface area contributed by atoms with Crippen LogP contribution in [0, 0.1) is 0 Å². The Bertz CT molecular complexity index is 1670. The smallest absolute Gasteiger partial charge is 0.258 e. The number of anilines is 2. The van der Waals surface area contributed by atoms with E-state index in [1.54, 1.807) is 84.9 Å². The van der Waals surface area contributed by atoms with E-state index < -0.39 is 31.4 Å². The third kappa shape index (κ3) is 4.93. The second kappa shape index (κ2) is 11.2. The molecule has 6 rings (SSSR count). The number of imide groups is 2. The molecule has 0 unspecified atom stereocenters. The molecule has 0 spiro atoms. The molecule has 4 aromatic carbocycles. The van der Waals surface area contributed by atoms with Gasteiger partial charge in [-0.05, 0) is 48.5 Å². The van der Waals surface area contributed by atoms with Crippen LogP contribution in [-0.2, 0) is 23.7 Å². The Hall–Kier alpha value is -5.53. The summed E-state index contributed by atoms with van der Waals surface area (Å²) in [6.45, 7) is 0. The molecule has 0 bridgehead atoms. The van der Waals surface area contributed by atoms with E-state index in [0.29, 0.717) is 11.5 Å². The van der Waals surface area contributed by atoms with Crippen LogP contribution in [0.15, 0.2) is 121 Å². The topological polar surface area (TPSA) is 110 Å². The molecule has 0 atom stereocenters. The number of amides is 4. The first-order chi connectivity index (χ1) is 20.4.